The molecule has 0 spiro atoms. The molecule has 0 aromatic heterocycles. The zero-order valence-electron chi connectivity index (χ0n) is 8.30. The van der Waals surface area contributed by atoms with Gasteiger partial charge in [0.15, 0.2) is 0 Å². The Labute approximate surface area is 93.2 Å². The Kier molecular flexibility index (Phi) is 3.14. The first-order valence-electron chi connectivity index (χ1n) is 5.26. The van der Waals surface area contributed by atoms with E-state index in [9.17, 15) is 0 Å². The maximum absolute atomic E-state index is 6.69. The first-order chi connectivity index (χ1) is 6.72. The largest absolute Gasteiger partial charge is 0.114 e. The van der Waals surface area contributed by atoms with Crippen LogP contribution in [-0.4, -0.2) is 0 Å². The van der Waals surface area contributed by atoms with E-state index in [0.717, 1.165) is 12.8 Å². The molecule has 0 N–H and O–H groups in total. The van der Waals surface area contributed by atoms with E-state index in [0.29, 0.717) is 0 Å². The predicted octanol–water partition coefficient (Wildman–Crippen LogP) is 3.59. The number of benzene rings is 1. The van der Waals surface area contributed by atoms with E-state index in [1.54, 1.807) is 0 Å². The molecule has 1 aromatic carbocycles. The maximum atomic E-state index is 6.69. The number of halogens is 1. The van der Waals surface area contributed by atoms with Crippen molar-refractivity contribution in [2.75, 3.05) is 0 Å². The molecule has 14 heavy (non-hydrogen) atoms. The lowest BCUT2D eigenvalue weighted by Gasteiger charge is -2.32. The molecule has 0 nitrogen and oxygen atoms in total. The second-order valence-corrected chi connectivity index (χ2v) is 5.46. The standard InChI is InChI=1S/C12H16ClP/c13-12(8-4-1-5-9-12)10-6-2-3-7-11(10)14/h2-3,6-7H,1,4-5,8-9,14H2. The maximum Gasteiger partial charge on any atom is 0.0700 e. The Bertz CT molecular complexity index is 316. The van der Waals surface area contributed by atoms with Gasteiger partial charge in [-0.2, -0.15) is 0 Å². The minimum absolute atomic E-state index is 0.0867. The van der Waals surface area contributed by atoms with E-state index in [-0.39, 0.29) is 4.87 Å². The summed E-state index contributed by atoms with van der Waals surface area (Å²) < 4.78 is 0. The molecular formula is C12H16ClP. The fourth-order valence-electron chi connectivity index (χ4n) is 2.29. The highest BCUT2D eigenvalue weighted by Gasteiger charge is 2.32. The van der Waals surface area contributed by atoms with Gasteiger partial charge in [0.2, 0.25) is 0 Å². The fraction of sp³-hybridized carbons (Fsp3) is 0.500. The second-order valence-electron chi connectivity index (χ2n) is 4.11. The number of hydrogen-bond donors (Lipinski definition) is 0. The SMILES string of the molecule is Pc1ccccc1C1(Cl)CCCCC1. The van der Waals surface area contributed by atoms with Crippen molar-refractivity contribution in [1.29, 1.82) is 0 Å². The molecule has 0 bridgehead atoms. The van der Waals surface area contributed by atoms with Gasteiger partial charge in [-0.1, -0.05) is 43.5 Å². The van der Waals surface area contributed by atoms with Crippen LogP contribution in [0, 0.1) is 0 Å². The molecule has 1 aliphatic rings. The van der Waals surface area contributed by atoms with Crippen molar-refractivity contribution in [1.82, 2.24) is 0 Å². The van der Waals surface area contributed by atoms with Crippen molar-refractivity contribution in [2.45, 2.75) is 37.0 Å². The smallest absolute Gasteiger partial charge is 0.0700 e. The summed E-state index contributed by atoms with van der Waals surface area (Å²) in [6, 6.07) is 8.44. The Morgan fingerprint density at radius 1 is 1.07 bits per heavy atom. The number of alkyl halides is 1. The minimum Gasteiger partial charge on any atom is -0.114 e. The monoisotopic (exact) mass is 226 g/mol. The Morgan fingerprint density at radius 3 is 2.36 bits per heavy atom. The van der Waals surface area contributed by atoms with Crippen LogP contribution in [0.4, 0.5) is 0 Å². The molecule has 0 aliphatic heterocycles. The van der Waals surface area contributed by atoms with Crippen LogP contribution in [0.1, 0.15) is 37.7 Å². The van der Waals surface area contributed by atoms with Crippen LogP contribution in [-0.2, 0) is 4.87 Å². The molecule has 1 fully saturated rings. The van der Waals surface area contributed by atoms with Crippen molar-refractivity contribution in [3.05, 3.63) is 29.8 Å². The first-order valence-corrected chi connectivity index (χ1v) is 6.22. The summed E-state index contributed by atoms with van der Waals surface area (Å²) >= 11 is 6.69. The van der Waals surface area contributed by atoms with E-state index in [4.69, 9.17) is 11.6 Å². The number of rotatable bonds is 1. The predicted molar refractivity (Wildman–Crippen MR) is 66.4 cm³/mol. The molecule has 1 unspecified atom stereocenters. The van der Waals surface area contributed by atoms with Gasteiger partial charge in [0, 0.05) is 0 Å². The van der Waals surface area contributed by atoms with Gasteiger partial charge in [0.1, 0.15) is 0 Å². The van der Waals surface area contributed by atoms with E-state index < -0.39 is 0 Å². The van der Waals surface area contributed by atoms with Gasteiger partial charge in [-0.3, -0.25) is 0 Å². The Morgan fingerprint density at radius 2 is 1.71 bits per heavy atom. The fourth-order valence-corrected chi connectivity index (χ4v) is 3.30. The molecule has 0 heterocycles. The van der Waals surface area contributed by atoms with Gasteiger partial charge in [-0.05, 0) is 23.7 Å². The average molecular weight is 227 g/mol. The molecule has 0 saturated heterocycles. The van der Waals surface area contributed by atoms with Crippen LogP contribution in [0.25, 0.3) is 0 Å². The Hall–Kier alpha value is -0.0600. The van der Waals surface area contributed by atoms with Crippen molar-refractivity contribution in [2.24, 2.45) is 0 Å². The topological polar surface area (TPSA) is 0 Å². The number of hydrogen-bond acceptors (Lipinski definition) is 0. The molecule has 1 atom stereocenters. The molecule has 1 aliphatic carbocycles. The third-order valence-corrected chi connectivity index (χ3v) is 4.17. The summed E-state index contributed by atoms with van der Waals surface area (Å²) in [7, 11) is 2.79. The zero-order chi connectivity index (χ0) is 10.0. The molecule has 2 heteroatoms. The highest BCUT2D eigenvalue weighted by atomic mass is 35.5. The summed E-state index contributed by atoms with van der Waals surface area (Å²) in [5.41, 5.74) is 1.31. The average Bonchev–Trinajstić information content (AvgIpc) is 2.19. The van der Waals surface area contributed by atoms with Gasteiger partial charge in [0.25, 0.3) is 0 Å². The molecule has 0 radical (unpaired) electrons. The van der Waals surface area contributed by atoms with Gasteiger partial charge in [-0.15, -0.1) is 20.8 Å². The van der Waals surface area contributed by atoms with Crippen LogP contribution in [0.3, 0.4) is 0 Å². The minimum atomic E-state index is -0.0867. The molecule has 76 valence electrons. The van der Waals surface area contributed by atoms with Gasteiger partial charge in [-0.25, -0.2) is 0 Å². The van der Waals surface area contributed by atoms with Crippen molar-refractivity contribution >= 4 is 26.1 Å². The second kappa shape index (κ2) is 4.21. The summed E-state index contributed by atoms with van der Waals surface area (Å²) in [5, 5.41) is 1.25. The van der Waals surface area contributed by atoms with Crippen LogP contribution in [0.2, 0.25) is 0 Å². The van der Waals surface area contributed by atoms with Crippen molar-refractivity contribution < 1.29 is 0 Å². The molecule has 1 saturated carbocycles. The van der Waals surface area contributed by atoms with E-state index >= 15 is 0 Å². The third-order valence-electron chi connectivity index (χ3n) is 3.09. The molecule has 2 rings (SSSR count). The molecule has 1 aromatic rings. The lowest BCUT2D eigenvalue weighted by molar-refractivity contribution is 0.400. The Balaban J connectivity index is 2.32. The van der Waals surface area contributed by atoms with Crippen LogP contribution in [0.5, 0.6) is 0 Å². The zero-order valence-corrected chi connectivity index (χ0v) is 10.2. The summed E-state index contributed by atoms with van der Waals surface area (Å²) in [6.07, 6.45) is 6.12. The van der Waals surface area contributed by atoms with Gasteiger partial charge >= 0.3 is 0 Å². The van der Waals surface area contributed by atoms with Crippen LogP contribution >= 0.6 is 20.8 Å². The quantitative estimate of drug-likeness (QED) is 0.507. The van der Waals surface area contributed by atoms with Crippen molar-refractivity contribution in [3.63, 3.8) is 0 Å². The summed E-state index contributed by atoms with van der Waals surface area (Å²) in [6.45, 7) is 0. The third kappa shape index (κ3) is 1.97. The van der Waals surface area contributed by atoms with E-state index in [1.807, 2.05) is 0 Å². The van der Waals surface area contributed by atoms with E-state index in [2.05, 4.69) is 33.5 Å². The lowest BCUT2D eigenvalue weighted by atomic mass is 9.83. The molecular weight excluding hydrogens is 211 g/mol. The summed E-state index contributed by atoms with van der Waals surface area (Å²) in [5.74, 6) is 0. The van der Waals surface area contributed by atoms with E-state index in [1.165, 1.54) is 30.1 Å². The highest BCUT2D eigenvalue weighted by Crippen LogP contribution is 2.42. The van der Waals surface area contributed by atoms with Gasteiger partial charge in [0.05, 0.1) is 4.87 Å². The normalized spacial score (nSPS) is 20.7. The highest BCUT2D eigenvalue weighted by molar-refractivity contribution is 7.27. The molecule has 0 amide bonds. The van der Waals surface area contributed by atoms with Crippen LogP contribution in [0.15, 0.2) is 24.3 Å². The van der Waals surface area contributed by atoms with Crippen molar-refractivity contribution in [3.8, 4) is 0 Å². The van der Waals surface area contributed by atoms with Crippen LogP contribution < -0.4 is 5.30 Å². The first kappa shape index (κ1) is 10.5. The summed E-state index contributed by atoms with van der Waals surface area (Å²) in [4.78, 5) is -0.0867. The lowest BCUT2D eigenvalue weighted by Crippen LogP contribution is -2.26. The van der Waals surface area contributed by atoms with Gasteiger partial charge < -0.3 is 0 Å².